The van der Waals surface area contributed by atoms with Gasteiger partial charge in [0, 0.05) is 17.3 Å². The van der Waals surface area contributed by atoms with Gasteiger partial charge in [0.25, 0.3) is 0 Å². The number of rotatable bonds is 2. The Morgan fingerprint density at radius 1 is 1.29 bits per heavy atom. The first-order chi connectivity index (χ1) is 6.56. The largest absolute Gasteiger partial charge is 0.361 e. The number of fused-ring (bicyclic) bond motifs is 1. The van der Waals surface area contributed by atoms with E-state index in [-0.39, 0.29) is 5.54 Å². The highest BCUT2D eigenvalue weighted by atomic mass is 14.7. The van der Waals surface area contributed by atoms with Gasteiger partial charge in [0.05, 0.1) is 0 Å². The standard InChI is InChI=1S/C12H16N2/c1-12(2,13)8-10-5-3-4-9-6-7-14-11(9)10/h3-7,14H,8,13H2,1-2H3. The van der Waals surface area contributed by atoms with E-state index >= 15 is 0 Å². The van der Waals surface area contributed by atoms with E-state index in [9.17, 15) is 0 Å². The van der Waals surface area contributed by atoms with Gasteiger partial charge in [0.1, 0.15) is 0 Å². The summed E-state index contributed by atoms with van der Waals surface area (Å²) in [6.07, 6.45) is 2.86. The second-order valence-electron chi connectivity index (χ2n) is 4.52. The van der Waals surface area contributed by atoms with Crippen molar-refractivity contribution in [2.24, 2.45) is 5.73 Å². The van der Waals surface area contributed by atoms with Crippen LogP contribution >= 0.6 is 0 Å². The lowest BCUT2D eigenvalue weighted by molar-refractivity contribution is 0.518. The third-order valence-electron chi connectivity index (χ3n) is 2.32. The minimum absolute atomic E-state index is 0.153. The molecule has 14 heavy (non-hydrogen) atoms. The molecule has 0 bridgehead atoms. The molecule has 0 aliphatic heterocycles. The van der Waals surface area contributed by atoms with Gasteiger partial charge in [-0.1, -0.05) is 18.2 Å². The van der Waals surface area contributed by atoms with Crippen molar-refractivity contribution in [3.05, 3.63) is 36.0 Å². The number of nitrogens with two attached hydrogens (primary N) is 1. The molecule has 0 saturated carbocycles. The lowest BCUT2D eigenvalue weighted by atomic mass is 9.95. The number of hydrogen-bond acceptors (Lipinski definition) is 1. The predicted molar refractivity (Wildman–Crippen MR) is 60.3 cm³/mol. The van der Waals surface area contributed by atoms with Crippen molar-refractivity contribution in [2.75, 3.05) is 0 Å². The lowest BCUT2D eigenvalue weighted by Crippen LogP contribution is -2.34. The fraction of sp³-hybridized carbons (Fsp3) is 0.333. The fourth-order valence-corrected chi connectivity index (χ4v) is 1.79. The van der Waals surface area contributed by atoms with Crippen LogP contribution in [0.25, 0.3) is 10.9 Å². The fourth-order valence-electron chi connectivity index (χ4n) is 1.79. The van der Waals surface area contributed by atoms with Gasteiger partial charge >= 0.3 is 0 Å². The van der Waals surface area contributed by atoms with Crippen molar-refractivity contribution in [1.29, 1.82) is 0 Å². The summed E-state index contributed by atoms with van der Waals surface area (Å²) < 4.78 is 0. The first-order valence-electron chi connectivity index (χ1n) is 4.90. The molecule has 0 aliphatic rings. The molecular weight excluding hydrogens is 172 g/mol. The van der Waals surface area contributed by atoms with Gasteiger partial charge in [-0.15, -0.1) is 0 Å². The maximum atomic E-state index is 6.01. The van der Waals surface area contributed by atoms with Crippen LogP contribution in [0.15, 0.2) is 30.5 Å². The van der Waals surface area contributed by atoms with E-state index in [4.69, 9.17) is 5.73 Å². The van der Waals surface area contributed by atoms with E-state index in [1.165, 1.54) is 16.5 Å². The van der Waals surface area contributed by atoms with Crippen LogP contribution in [0.5, 0.6) is 0 Å². The highest BCUT2D eigenvalue weighted by Gasteiger charge is 2.13. The molecule has 2 aromatic rings. The Morgan fingerprint density at radius 2 is 2.07 bits per heavy atom. The van der Waals surface area contributed by atoms with Gasteiger partial charge in [-0.25, -0.2) is 0 Å². The Bertz CT molecular complexity index is 435. The van der Waals surface area contributed by atoms with Gasteiger partial charge in [-0.2, -0.15) is 0 Å². The molecule has 0 unspecified atom stereocenters. The number of nitrogens with one attached hydrogen (secondary N) is 1. The Labute approximate surface area is 84.1 Å². The molecule has 1 aromatic carbocycles. The van der Waals surface area contributed by atoms with Crippen LogP contribution in [0, 0.1) is 0 Å². The Balaban J connectivity index is 2.46. The van der Waals surface area contributed by atoms with E-state index in [0.29, 0.717) is 0 Å². The summed E-state index contributed by atoms with van der Waals surface area (Å²) in [5, 5.41) is 1.26. The molecule has 0 atom stereocenters. The molecule has 2 heteroatoms. The van der Waals surface area contributed by atoms with Gasteiger partial charge in [-0.05, 0) is 37.3 Å². The zero-order valence-electron chi connectivity index (χ0n) is 8.67. The first-order valence-corrected chi connectivity index (χ1v) is 4.90. The molecule has 74 valence electrons. The topological polar surface area (TPSA) is 41.8 Å². The molecule has 2 nitrogen and oxygen atoms in total. The van der Waals surface area contributed by atoms with E-state index in [1.807, 2.05) is 6.20 Å². The van der Waals surface area contributed by atoms with Crippen LogP contribution < -0.4 is 5.73 Å². The summed E-state index contributed by atoms with van der Waals surface area (Å²) in [7, 11) is 0. The third-order valence-corrected chi connectivity index (χ3v) is 2.32. The monoisotopic (exact) mass is 188 g/mol. The van der Waals surface area contributed by atoms with Crippen LogP contribution in [0.4, 0.5) is 0 Å². The normalized spacial score (nSPS) is 12.2. The van der Waals surface area contributed by atoms with Crippen LogP contribution in [0.3, 0.4) is 0 Å². The Hall–Kier alpha value is -1.28. The molecular formula is C12H16N2. The quantitative estimate of drug-likeness (QED) is 0.746. The predicted octanol–water partition coefficient (Wildman–Crippen LogP) is 2.45. The number of para-hydroxylation sites is 1. The number of hydrogen-bond donors (Lipinski definition) is 2. The third kappa shape index (κ3) is 1.80. The van der Waals surface area contributed by atoms with Crippen molar-refractivity contribution in [2.45, 2.75) is 25.8 Å². The van der Waals surface area contributed by atoms with Crippen LogP contribution in [-0.2, 0) is 6.42 Å². The SMILES string of the molecule is CC(C)(N)Cc1cccc2cc[nH]c12. The summed E-state index contributed by atoms with van der Waals surface area (Å²) in [5.41, 5.74) is 8.37. The molecule has 1 heterocycles. The minimum Gasteiger partial charge on any atom is -0.361 e. The average Bonchev–Trinajstić information content (AvgIpc) is 2.49. The van der Waals surface area contributed by atoms with Crippen LogP contribution in [-0.4, -0.2) is 10.5 Å². The second-order valence-corrected chi connectivity index (χ2v) is 4.52. The zero-order valence-corrected chi connectivity index (χ0v) is 8.67. The summed E-state index contributed by atoms with van der Waals surface area (Å²) in [4.78, 5) is 3.26. The lowest BCUT2D eigenvalue weighted by Gasteiger charge is -2.18. The van der Waals surface area contributed by atoms with Crippen molar-refractivity contribution in [3.63, 3.8) is 0 Å². The minimum atomic E-state index is -0.153. The number of aromatic amines is 1. The van der Waals surface area contributed by atoms with E-state index in [2.05, 4.69) is 43.1 Å². The summed E-state index contributed by atoms with van der Waals surface area (Å²) in [5.74, 6) is 0. The van der Waals surface area contributed by atoms with Crippen molar-refractivity contribution >= 4 is 10.9 Å². The molecule has 1 aromatic heterocycles. The second kappa shape index (κ2) is 3.14. The summed E-state index contributed by atoms with van der Waals surface area (Å²) >= 11 is 0. The molecule has 0 fully saturated rings. The van der Waals surface area contributed by atoms with Crippen LogP contribution in [0.1, 0.15) is 19.4 Å². The molecule has 3 N–H and O–H groups in total. The maximum Gasteiger partial charge on any atom is 0.0487 e. The smallest absolute Gasteiger partial charge is 0.0487 e. The zero-order chi connectivity index (χ0) is 10.2. The van der Waals surface area contributed by atoms with Crippen molar-refractivity contribution < 1.29 is 0 Å². The highest BCUT2D eigenvalue weighted by Crippen LogP contribution is 2.20. The Morgan fingerprint density at radius 3 is 2.79 bits per heavy atom. The van der Waals surface area contributed by atoms with E-state index < -0.39 is 0 Å². The van der Waals surface area contributed by atoms with Gasteiger partial charge < -0.3 is 10.7 Å². The molecule has 2 rings (SSSR count). The Kier molecular flexibility index (Phi) is 2.08. The summed E-state index contributed by atoms with van der Waals surface area (Å²) in [6.45, 7) is 4.10. The molecule has 0 amide bonds. The van der Waals surface area contributed by atoms with Crippen molar-refractivity contribution in [1.82, 2.24) is 4.98 Å². The van der Waals surface area contributed by atoms with Gasteiger partial charge in [0.2, 0.25) is 0 Å². The molecule has 0 aliphatic carbocycles. The van der Waals surface area contributed by atoms with Gasteiger partial charge in [0.15, 0.2) is 0 Å². The number of benzene rings is 1. The van der Waals surface area contributed by atoms with E-state index in [1.54, 1.807) is 0 Å². The highest BCUT2D eigenvalue weighted by molar-refractivity contribution is 5.82. The van der Waals surface area contributed by atoms with E-state index in [0.717, 1.165) is 6.42 Å². The first kappa shape index (κ1) is 9.28. The van der Waals surface area contributed by atoms with Gasteiger partial charge in [-0.3, -0.25) is 0 Å². The van der Waals surface area contributed by atoms with Crippen molar-refractivity contribution in [3.8, 4) is 0 Å². The molecule has 0 radical (unpaired) electrons. The average molecular weight is 188 g/mol. The van der Waals surface area contributed by atoms with Crippen LogP contribution in [0.2, 0.25) is 0 Å². The molecule has 0 spiro atoms. The summed E-state index contributed by atoms with van der Waals surface area (Å²) in [6, 6.07) is 8.41. The number of H-pyrrole nitrogens is 1. The molecule has 0 saturated heterocycles. The maximum absolute atomic E-state index is 6.01. The number of aromatic nitrogens is 1.